The van der Waals surface area contributed by atoms with Crippen LogP contribution in [0, 0.1) is 5.82 Å². The van der Waals surface area contributed by atoms with Crippen molar-refractivity contribution >= 4 is 17.6 Å². The number of esters is 1. The van der Waals surface area contributed by atoms with E-state index in [1.54, 1.807) is 14.1 Å². The highest BCUT2D eigenvalue weighted by atomic mass is 19.1. The molecule has 0 bridgehead atoms. The van der Waals surface area contributed by atoms with E-state index in [0.29, 0.717) is 12.8 Å². The average Bonchev–Trinajstić information content (AvgIpc) is 2.37. The molecule has 1 aromatic carbocycles. The van der Waals surface area contributed by atoms with Crippen molar-refractivity contribution in [2.45, 2.75) is 12.8 Å². The molecule has 19 heavy (non-hydrogen) atoms. The minimum Gasteiger partial charge on any atom is -0.462 e. The average molecular weight is 268 g/mol. The van der Waals surface area contributed by atoms with Gasteiger partial charge in [0.1, 0.15) is 5.82 Å². The molecule has 0 unspecified atom stereocenters. The Bertz CT molecular complexity index is 475. The summed E-state index contributed by atoms with van der Waals surface area (Å²) < 4.78 is 18.1. The maximum atomic E-state index is 13.1. The first-order chi connectivity index (χ1) is 8.91. The topological polar surface area (TPSA) is 72.6 Å². The Morgan fingerprint density at radius 3 is 2.63 bits per heavy atom. The van der Waals surface area contributed by atoms with Crippen LogP contribution in [0.2, 0.25) is 0 Å². The second kappa shape index (κ2) is 6.72. The van der Waals surface area contributed by atoms with Crippen molar-refractivity contribution in [1.29, 1.82) is 0 Å². The lowest BCUT2D eigenvalue weighted by Crippen LogP contribution is -2.21. The number of carbonyl (C=O) groups excluding carboxylic acids is 2. The second-order valence-corrected chi connectivity index (χ2v) is 4.26. The molecule has 6 heteroatoms. The summed E-state index contributed by atoms with van der Waals surface area (Å²) in [5.41, 5.74) is 5.39. The number of carbonyl (C=O) groups is 2. The number of anilines is 1. The predicted octanol–water partition coefficient (Wildman–Crippen LogP) is 1.43. The molecular formula is C13H17FN2O3. The zero-order valence-electron chi connectivity index (χ0n) is 11.0. The number of nitrogen functional groups attached to an aromatic ring is 1. The number of rotatable bonds is 5. The van der Waals surface area contributed by atoms with Crippen LogP contribution in [0.4, 0.5) is 10.1 Å². The lowest BCUT2D eigenvalue weighted by molar-refractivity contribution is -0.128. The third-order valence-corrected chi connectivity index (χ3v) is 2.50. The predicted molar refractivity (Wildman–Crippen MR) is 69.0 cm³/mol. The molecule has 1 amide bonds. The zero-order valence-corrected chi connectivity index (χ0v) is 11.0. The molecule has 104 valence electrons. The molecule has 0 heterocycles. The van der Waals surface area contributed by atoms with Gasteiger partial charge in [0.2, 0.25) is 5.91 Å². The number of benzene rings is 1. The maximum absolute atomic E-state index is 13.1. The largest absolute Gasteiger partial charge is 0.462 e. The first-order valence-corrected chi connectivity index (χ1v) is 5.84. The van der Waals surface area contributed by atoms with Gasteiger partial charge in [-0.3, -0.25) is 4.79 Å². The van der Waals surface area contributed by atoms with Crippen molar-refractivity contribution in [3.63, 3.8) is 0 Å². The highest BCUT2D eigenvalue weighted by Gasteiger charge is 2.10. The summed E-state index contributed by atoms with van der Waals surface area (Å²) in [6.07, 6.45) is 0.733. The molecule has 0 aliphatic carbocycles. The van der Waals surface area contributed by atoms with Crippen molar-refractivity contribution in [2.75, 3.05) is 26.4 Å². The van der Waals surface area contributed by atoms with Crippen LogP contribution in [0.5, 0.6) is 0 Å². The molecule has 2 N–H and O–H groups in total. The van der Waals surface area contributed by atoms with E-state index < -0.39 is 11.8 Å². The first-order valence-electron chi connectivity index (χ1n) is 5.84. The number of halogens is 1. The molecule has 1 rings (SSSR count). The van der Waals surface area contributed by atoms with Gasteiger partial charge >= 0.3 is 5.97 Å². The molecule has 5 nitrogen and oxygen atoms in total. The standard InChI is InChI=1S/C13H17FN2O3/c1-16(2)12(17)4-3-7-19-13(18)9-5-6-11(15)10(14)8-9/h5-6,8H,3-4,7,15H2,1-2H3. The van der Waals surface area contributed by atoms with Gasteiger partial charge in [-0.15, -0.1) is 0 Å². The highest BCUT2D eigenvalue weighted by Crippen LogP contribution is 2.12. The third-order valence-electron chi connectivity index (χ3n) is 2.50. The van der Waals surface area contributed by atoms with E-state index in [2.05, 4.69) is 0 Å². The van der Waals surface area contributed by atoms with E-state index in [4.69, 9.17) is 10.5 Å². The van der Waals surface area contributed by atoms with Crippen LogP contribution in [-0.4, -0.2) is 37.5 Å². The fraction of sp³-hybridized carbons (Fsp3) is 0.385. The van der Waals surface area contributed by atoms with E-state index in [1.165, 1.54) is 17.0 Å². The van der Waals surface area contributed by atoms with Crippen LogP contribution in [0.25, 0.3) is 0 Å². The summed E-state index contributed by atoms with van der Waals surface area (Å²) >= 11 is 0. The number of nitrogens with zero attached hydrogens (tertiary/aromatic N) is 1. The monoisotopic (exact) mass is 268 g/mol. The van der Waals surface area contributed by atoms with Crippen LogP contribution >= 0.6 is 0 Å². The second-order valence-electron chi connectivity index (χ2n) is 4.26. The smallest absolute Gasteiger partial charge is 0.338 e. The zero-order chi connectivity index (χ0) is 14.4. The van der Waals surface area contributed by atoms with Gasteiger partial charge < -0.3 is 15.4 Å². The lowest BCUT2D eigenvalue weighted by Gasteiger charge is -2.10. The van der Waals surface area contributed by atoms with Gasteiger partial charge in [0.05, 0.1) is 17.9 Å². The number of hydrogen-bond donors (Lipinski definition) is 1. The number of ether oxygens (including phenoxy) is 1. The van der Waals surface area contributed by atoms with Gasteiger partial charge in [-0.1, -0.05) is 0 Å². The van der Waals surface area contributed by atoms with Gasteiger partial charge in [0, 0.05) is 20.5 Å². The molecule has 0 radical (unpaired) electrons. The fourth-order valence-corrected chi connectivity index (χ4v) is 1.35. The van der Waals surface area contributed by atoms with Crippen molar-refractivity contribution in [3.8, 4) is 0 Å². The summed E-state index contributed by atoms with van der Waals surface area (Å²) in [4.78, 5) is 24.3. The van der Waals surface area contributed by atoms with Crippen molar-refractivity contribution < 1.29 is 18.7 Å². The quantitative estimate of drug-likeness (QED) is 0.498. The van der Waals surface area contributed by atoms with E-state index in [-0.39, 0.29) is 23.8 Å². The van der Waals surface area contributed by atoms with Crippen LogP contribution < -0.4 is 5.73 Å². The van der Waals surface area contributed by atoms with Gasteiger partial charge in [0.25, 0.3) is 0 Å². The van der Waals surface area contributed by atoms with E-state index in [9.17, 15) is 14.0 Å². The first kappa shape index (κ1) is 14.9. The van der Waals surface area contributed by atoms with E-state index in [0.717, 1.165) is 6.07 Å². The summed E-state index contributed by atoms with van der Waals surface area (Å²) in [5.74, 6) is -1.32. The van der Waals surface area contributed by atoms with E-state index in [1.807, 2.05) is 0 Å². The normalized spacial score (nSPS) is 10.1. The van der Waals surface area contributed by atoms with Gasteiger partial charge in [-0.05, 0) is 24.6 Å². The maximum Gasteiger partial charge on any atom is 0.338 e. The summed E-state index contributed by atoms with van der Waals surface area (Å²) in [6.45, 7) is 0.115. The Morgan fingerprint density at radius 2 is 2.05 bits per heavy atom. The van der Waals surface area contributed by atoms with Crippen molar-refractivity contribution in [3.05, 3.63) is 29.6 Å². The van der Waals surface area contributed by atoms with Gasteiger partial charge in [-0.2, -0.15) is 0 Å². The van der Waals surface area contributed by atoms with Crippen LogP contribution in [-0.2, 0) is 9.53 Å². The Labute approximate surface area is 111 Å². The van der Waals surface area contributed by atoms with E-state index >= 15 is 0 Å². The molecule has 0 spiro atoms. The molecule has 0 fully saturated rings. The molecule has 0 aromatic heterocycles. The van der Waals surface area contributed by atoms with Gasteiger partial charge in [-0.25, -0.2) is 9.18 Å². The molecule has 1 aromatic rings. The van der Waals surface area contributed by atoms with Crippen LogP contribution in [0.3, 0.4) is 0 Å². The van der Waals surface area contributed by atoms with Crippen molar-refractivity contribution in [1.82, 2.24) is 4.90 Å². The molecule has 0 atom stereocenters. The SMILES string of the molecule is CN(C)C(=O)CCCOC(=O)c1ccc(N)c(F)c1. The summed E-state index contributed by atoms with van der Waals surface area (Å²) in [6, 6.07) is 3.73. The molecule has 0 saturated heterocycles. The Hall–Kier alpha value is -2.11. The van der Waals surface area contributed by atoms with Gasteiger partial charge in [0.15, 0.2) is 0 Å². The Kier molecular flexibility index (Phi) is 5.29. The lowest BCUT2D eigenvalue weighted by atomic mass is 10.2. The minimum atomic E-state index is -0.655. The Balaban J connectivity index is 2.39. The highest BCUT2D eigenvalue weighted by molar-refractivity contribution is 5.89. The minimum absolute atomic E-state index is 0.0203. The number of amides is 1. The molecule has 0 aliphatic rings. The van der Waals surface area contributed by atoms with Crippen LogP contribution in [0.1, 0.15) is 23.2 Å². The summed E-state index contributed by atoms with van der Waals surface area (Å²) in [7, 11) is 3.32. The molecule has 0 saturated carbocycles. The Morgan fingerprint density at radius 1 is 1.37 bits per heavy atom. The summed E-state index contributed by atoms with van der Waals surface area (Å²) in [5, 5.41) is 0. The van der Waals surface area contributed by atoms with Crippen LogP contribution in [0.15, 0.2) is 18.2 Å². The fourth-order valence-electron chi connectivity index (χ4n) is 1.35. The third kappa shape index (κ3) is 4.57. The molecule has 0 aliphatic heterocycles. The number of hydrogen-bond acceptors (Lipinski definition) is 4. The molecular weight excluding hydrogens is 251 g/mol. The number of nitrogens with two attached hydrogens (primary N) is 1. The van der Waals surface area contributed by atoms with Crippen molar-refractivity contribution in [2.24, 2.45) is 0 Å².